The summed E-state index contributed by atoms with van der Waals surface area (Å²) >= 11 is 0. The number of hydrogen-bond acceptors (Lipinski definition) is 5. The summed E-state index contributed by atoms with van der Waals surface area (Å²) < 4.78 is 16.3. The minimum absolute atomic E-state index is 0.105. The molecule has 5 heteroatoms. The van der Waals surface area contributed by atoms with Crippen molar-refractivity contribution in [3.05, 3.63) is 65.7 Å². The van der Waals surface area contributed by atoms with Crippen molar-refractivity contribution >= 4 is 5.97 Å². The van der Waals surface area contributed by atoms with E-state index in [0.29, 0.717) is 17.9 Å². The van der Waals surface area contributed by atoms with E-state index in [-0.39, 0.29) is 18.7 Å². The van der Waals surface area contributed by atoms with Gasteiger partial charge in [-0.15, -0.1) is 0 Å². The van der Waals surface area contributed by atoms with Crippen molar-refractivity contribution in [1.82, 2.24) is 4.90 Å². The second-order valence-electron chi connectivity index (χ2n) is 6.04. The highest BCUT2D eigenvalue weighted by Gasteiger charge is 2.22. The fourth-order valence-corrected chi connectivity index (χ4v) is 2.87. The van der Waals surface area contributed by atoms with Crippen LogP contribution in [0.1, 0.15) is 15.9 Å². The highest BCUT2D eigenvalue weighted by molar-refractivity contribution is 5.89. The van der Waals surface area contributed by atoms with Gasteiger partial charge in [-0.05, 0) is 23.8 Å². The maximum atomic E-state index is 12.2. The predicted molar refractivity (Wildman–Crippen MR) is 94.7 cm³/mol. The van der Waals surface area contributed by atoms with E-state index < -0.39 is 0 Å². The van der Waals surface area contributed by atoms with E-state index in [4.69, 9.17) is 14.2 Å². The fourth-order valence-electron chi connectivity index (χ4n) is 2.87. The van der Waals surface area contributed by atoms with E-state index >= 15 is 0 Å². The quantitative estimate of drug-likeness (QED) is 0.756. The number of rotatable bonds is 6. The molecule has 0 saturated carbocycles. The molecule has 1 heterocycles. The summed E-state index contributed by atoms with van der Waals surface area (Å²) in [5, 5.41) is 0. The molecule has 0 spiro atoms. The molecule has 25 heavy (non-hydrogen) atoms. The predicted octanol–water partition coefficient (Wildman–Crippen LogP) is 2.75. The lowest BCUT2D eigenvalue weighted by atomic mass is 10.2. The molecule has 5 nitrogen and oxygen atoms in total. The fraction of sp³-hybridized carbons (Fsp3) is 0.350. The molecule has 2 aromatic carbocycles. The summed E-state index contributed by atoms with van der Waals surface area (Å²) in [7, 11) is 1.57. The van der Waals surface area contributed by atoms with Crippen molar-refractivity contribution in [2.75, 3.05) is 33.4 Å². The number of morpholine rings is 1. The number of nitrogens with zero attached hydrogens (tertiary/aromatic N) is 1. The minimum Gasteiger partial charge on any atom is -0.497 e. The van der Waals surface area contributed by atoms with Crippen LogP contribution in [0.5, 0.6) is 5.75 Å². The Morgan fingerprint density at radius 2 is 2.04 bits per heavy atom. The lowest BCUT2D eigenvalue weighted by Gasteiger charge is -2.32. The Morgan fingerprint density at radius 3 is 2.84 bits per heavy atom. The van der Waals surface area contributed by atoms with Gasteiger partial charge in [0.2, 0.25) is 0 Å². The summed E-state index contributed by atoms with van der Waals surface area (Å²) in [6, 6.07) is 17.3. The SMILES string of the molecule is COc1cccc(C(=O)OCC2CN(Cc3ccccc3)CCO2)c1. The number of carbonyl (C=O) groups excluding carboxylic acids is 1. The highest BCUT2D eigenvalue weighted by atomic mass is 16.6. The van der Waals surface area contributed by atoms with Crippen LogP contribution in [0.15, 0.2) is 54.6 Å². The molecule has 0 N–H and O–H groups in total. The molecule has 0 aliphatic carbocycles. The van der Waals surface area contributed by atoms with E-state index in [9.17, 15) is 4.79 Å². The molecule has 1 unspecified atom stereocenters. The van der Waals surface area contributed by atoms with Gasteiger partial charge in [-0.25, -0.2) is 4.79 Å². The molecule has 2 aromatic rings. The third kappa shape index (κ3) is 5.05. The molecule has 1 aliphatic heterocycles. The van der Waals surface area contributed by atoms with Crippen LogP contribution in [-0.4, -0.2) is 50.4 Å². The Labute approximate surface area is 148 Å². The first-order chi connectivity index (χ1) is 12.2. The molecular weight excluding hydrogens is 318 g/mol. The third-order valence-electron chi connectivity index (χ3n) is 4.18. The zero-order valence-corrected chi connectivity index (χ0v) is 14.4. The van der Waals surface area contributed by atoms with Crippen molar-refractivity contribution in [3.8, 4) is 5.75 Å². The van der Waals surface area contributed by atoms with Crippen molar-refractivity contribution in [2.45, 2.75) is 12.6 Å². The third-order valence-corrected chi connectivity index (χ3v) is 4.18. The number of methoxy groups -OCH3 is 1. The number of ether oxygens (including phenoxy) is 3. The Hall–Kier alpha value is -2.37. The van der Waals surface area contributed by atoms with Crippen LogP contribution in [0.4, 0.5) is 0 Å². The Morgan fingerprint density at radius 1 is 1.20 bits per heavy atom. The highest BCUT2D eigenvalue weighted by Crippen LogP contribution is 2.15. The van der Waals surface area contributed by atoms with E-state index in [1.54, 1.807) is 31.4 Å². The van der Waals surface area contributed by atoms with Gasteiger partial charge < -0.3 is 14.2 Å². The summed E-state index contributed by atoms with van der Waals surface area (Å²) in [5.41, 5.74) is 1.76. The summed E-state index contributed by atoms with van der Waals surface area (Å²) in [5.74, 6) is 0.278. The zero-order valence-electron chi connectivity index (χ0n) is 14.4. The molecule has 0 radical (unpaired) electrons. The number of carbonyl (C=O) groups is 1. The molecule has 1 saturated heterocycles. The maximum absolute atomic E-state index is 12.2. The number of benzene rings is 2. The lowest BCUT2D eigenvalue weighted by Crippen LogP contribution is -2.44. The smallest absolute Gasteiger partial charge is 0.338 e. The van der Waals surface area contributed by atoms with Gasteiger partial charge in [0.1, 0.15) is 18.5 Å². The van der Waals surface area contributed by atoms with Gasteiger partial charge in [-0.3, -0.25) is 4.90 Å². The molecule has 0 bridgehead atoms. The second-order valence-corrected chi connectivity index (χ2v) is 6.04. The van der Waals surface area contributed by atoms with Crippen molar-refractivity contribution in [1.29, 1.82) is 0 Å². The summed E-state index contributed by atoms with van der Waals surface area (Å²) in [4.78, 5) is 14.5. The van der Waals surface area contributed by atoms with Gasteiger partial charge in [-0.2, -0.15) is 0 Å². The summed E-state index contributed by atoms with van der Waals surface area (Å²) in [6.07, 6.45) is -0.105. The first-order valence-electron chi connectivity index (χ1n) is 8.43. The van der Waals surface area contributed by atoms with Gasteiger partial charge >= 0.3 is 5.97 Å². The molecule has 0 amide bonds. The summed E-state index contributed by atoms with van der Waals surface area (Å²) in [6.45, 7) is 3.41. The Kier molecular flexibility index (Phi) is 6.04. The molecular formula is C20H23NO4. The van der Waals surface area contributed by atoms with Crippen LogP contribution in [0.2, 0.25) is 0 Å². The number of esters is 1. The first-order valence-corrected chi connectivity index (χ1v) is 8.43. The van der Waals surface area contributed by atoms with Crippen LogP contribution in [0.3, 0.4) is 0 Å². The number of hydrogen-bond donors (Lipinski definition) is 0. The molecule has 132 valence electrons. The molecule has 1 atom stereocenters. The molecule has 1 aliphatic rings. The largest absolute Gasteiger partial charge is 0.497 e. The van der Waals surface area contributed by atoms with Gasteiger partial charge in [0, 0.05) is 19.6 Å². The van der Waals surface area contributed by atoms with Crippen LogP contribution in [0, 0.1) is 0 Å². The van der Waals surface area contributed by atoms with Gasteiger partial charge in [0.25, 0.3) is 0 Å². The lowest BCUT2D eigenvalue weighted by molar-refractivity contribution is -0.0612. The Bertz CT molecular complexity index is 689. The average Bonchev–Trinajstić information content (AvgIpc) is 2.67. The zero-order chi connectivity index (χ0) is 17.5. The minimum atomic E-state index is -0.359. The van der Waals surface area contributed by atoms with Crippen molar-refractivity contribution in [2.24, 2.45) is 0 Å². The van der Waals surface area contributed by atoms with Gasteiger partial charge in [0.05, 0.1) is 19.3 Å². The monoisotopic (exact) mass is 341 g/mol. The van der Waals surface area contributed by atoms with Gasteiger partial charge in [0.15, 0.2) is 0 Å². The molecule has 0 aromatic heterocycles. The van der Waals surface area contributed by atoms with E-state index in [1.807, 2.05) is 18.2 Å². The van der Waals surface area contributed by atoms with E-state index in [1.165, 1.54) is 5.56 Å². The molecule has 3 rings (SSSR count). The van der Waals surface area contributed by atoms with Crippen LogP contribution >= 0.6 is 0 Å². The topological polar surface area (TPSA) is 48.0 Å². The van der Waals surface area contributed by atoms with Crippen molar-refractivity contribution < 1.29 is 19.0 Å². The first kappa shape index (κ1) is 17.5. The van der Waals surface area contributed by atoms with E-state index in [0.717, 1.165) is 19.6 Å². The van der Waals surface area contributed by atoms with Crippen LogP contribution in [0.25, 0.3) is 0 Å². The van der Waals surface area contributed by atoms with Crippen LogP contribution < -0.4 is 4.74 Å². The maximum Gasteiger partial charge on any atom is 0.338 e. The normalized spacial score (nSPS) is 17.9. The average molecular weight is 341 g/mol. The van der Waals surface area contributed by atoms with E-state index in [2.05, 4.69) is 17.0 Å². The van der Waals surface area contributed by atoms with Crippen molar-refractivity contribution in [3.63, 3.8) is 0 Å². The molecule has 1 fully saturated rings. The standard InChI is InChI=1S/C20H23NO4/c1-23-18-9-5-8-17(12-18)20(22)25-15-19-14-21(10-11-24-19)13-16-6-3-2-4-7-16/h2-9,12,19H,10-11,13-15H2,1H3. The van der Waals surface area contributed by atoms with Gasteiger partial charge in [-0.1, -0.05) is 36.4 Å². The van der Waals surface area contributed by atoms with Crippen LogP contribution in [-0.2, 0) is 16.0 Å². The Balaban J connectivity index is 1.50. The second kappa shape index (κ2) is 8.65.